The SMILES string of the molecule is Cc1ccccc1NC(=O)C1CCN(S(=O)(=O)c2c(C)noc2/C=C/c2ccc(F)cc2F)CC1. The summed E-state index contributed by atoms with van der Waals surface area (Å²) >= 11 is 0. The molecule has 1 aliphatic heterocycles. The molecule has 1 fully saturated rings. The van der Waals surface area contributed by atoms with E-state index in [-0.39, 0.29) is 46.8 Å². The van der Waals surface area contributed by atoms with Gasteiger partial charge < -0.3 is 9.84 Å². The monoisotopic (exact) mass is 501 g/mol. The number of rotatable bonds is 6. The molecule has 1 amide bonds. The Morgan fingerprint density at radius 3 is 2.51 bits per heavy atom. The molecule has 2 heterocycles. The highest BCUT2D eigenvalue weighted by Gasteiger charge is 2.36. The van der Waals surface area contributed by atoms with Crippen LogP contribution in [0.25, 0.3) is 12.2 Å². The summed E-state index contributed by atoms with van der Waals surface area (Å²) in [6.07, 6.45) is 3.34. The zero-order chi connectivity index (χ0) is 25.2. The van der Waals surface area contributed by atoms with E-state index < -0.39 is 21.7 Å². The van der Waals surface area contributed by atoms with Crippen LogP contribution >= 0.6 is 0 Å². The number of para-hydroxylation sites is 1. The van der Waals surface area contributed by atoms with Crippen molar-refractivity contribution in [2.24, 2.45) is 5.92 Å². The first-order valence-corrected chi connectivity index (χ1v) is 12.6. The van der Waals surface area contributed by atoms with Gasteiger partial charge in [-0.15, -0.1) is 0 Å². The molecule has 0 atom stereocenters. The molecule has 1 aromatic heterocycles. The number of piperidine rings is 1. The van der Waals surface area contributed by atoms with Gasteiger partial charge in [0, 0.05) is 36.3 Å². The van der Waals surface area contributed by atoms with E-state index in [1.165, 1.54) is 29.4 Å². The van der Waals surface area contributed by atoms with Crippen LogP contribution in [0.4, 0.5) is 14.5 Å². The van der Waals surface area contributed by atoms with Crippen LogP contribution in [0, 0.1) is 31.4 Å². The van der Waals surface area contributed by atoms with E-state index in [0.29, 0.717) is 12.8 Å². The van der Waals surface area contributed by atoms with E-state index in [9.17, 15) is 22.0 Å². The van der Waals surface area contributed by atoms with Crippen LogP contribution in [0.5, 0.6) is 0 Å². The Hall–Kier alpha value is -3.37. The Bertz CT molecular complexity index is 1380. The van der Waals surface area contributed by atoms with Crippen LogP contribution in [-0.2, 0) is 14.8 Å². The Morgan fingerprint density at radius 1 is 1.11 bits per heavy atom. The van der Waals surface area contributed by atoms with Crippen molar-refractivity contribution >= 4 is 33.8 Å². The lowest BCUT2D eigenvalue weighted by molar-refractivity contribution is -0.120. The largest absolute Gasteiger partial charge is 0.355 e. The van der Waals surface area contributed by atoms with Crippen molar-refractivity contribution < 1.29 is 26.5 Å². The number of nitrogens with one attached hydrogen (secondary N) is 1. The summed E-state index contributed by atoms with van der Waals surface area (Å²) in [7, 11) is -3.98. The summed E-state index contributed by atoms with van der Waals surface area (Å²) < 4.78 is 60.4. The number of hydrogen-bond acceptors (Lipinski definition) is 5. The highest BCUT2D eigenvalue weighted by atomic mass is 32.2. The van der Waals surface area contributed by atoms with Crippen molar-refractivity contribution in [3.8, 4) is 0 Å². The number of halogens is 2. The Morgan fingerprint density at radius 2 is 1.83 bits per heavy atom. The number of nitrogens with zero attached hydrogens (tertiary/aromatic N) is 2. The van der Waals surface area contributed by atoms with Crippen LogP contribution < -0.4 is 5.32 Å². The van der Waals surface area contributed by atoms with Crippen molar-refractivity contribution in [2.75, 3.05) is 18.4 Å². The molecule has 0 radical (unpaired) electrons. The number of sulfonamides is 1. The molecule has 0 saturated carbocycles. The zero-order valence-electron chi connectivity index (χ0n) is 19.3. The topological polar surface area (TPSA) is 92.5 Å². The average molecular weight is 502 g/mol. The molecular formula is C25H25F2N3O4S. The molecule has 1 N–H and O–H groups in total. The average Bonchev–Trinajstić information content (AvgIpc) is 3.21. The predicted octanol–water partition coefficient (Wildman–Crippen LogP) is 4.78. The summed E-state index contributed by atoms with van der Waals surface area (Å²) in [5.41, 5.74) is 1.93. The maximum Gasteiger partial charge on any atom is 0.248 e. The summed E-state index contributed by atoms with van der Waals surface area (Å²) in [6, 6.07) is 10.5. The standard InChI is InChI=1S/C25H25F2N3O4S/c1-16-5-3-4-6-22(16)28-25(31)19-11-13-30(14-12-19)35(32,33)24-17(2)29-34-23(24)10-8-18-7-9-20(26)15-21(18)27/h3-10,15,19H,11-14H2,1-2H3,(H,28,31)/b10-8+. The number of carbonyl (C=O) groups is 1. The van der Waals surface area contributed by atoms with Gasteiger partial charge in [-0.25, -0.2) is 17.2 Å². The lowest BCUT2D eigenvalue weighted by Gasteiger charge is -2.30. The van der Waals surface area contributed by atoms with Crippen LogP contribution in [0.1, 0.15) is 35.4 Å². The second-order valence-corrected chi connectivity index (χ2v) is 10.3. The molecule has 1 aliphatic rings. The molecule has 10 heteroatoms. The second-order valence-electron chi connectivity index (χ2n) is 8.44. The van der Waals surface area contributed by atoms with Crippen molar-refractivity contribution in [2.45, 2.75) is 31.6 Å². The minimum absolute atomic E-state index is 0.0503. The number of carbonyl (C=O) groups excluding carboxylic acids is 1. The third-order valence-corrected chi connectivity index (χ3v) is 8.09. The summed E-state index contributed by atoms with van der Waals surface area (Å²) in [5, 5.41) is 6.70. The first-order chi connectivity index (χ1) is 16.7. The minimum Gasteiger partial charge on any atom is -0.355 e. The number of aromatic nitrogens is 1. The molecular weight excluding hydrogens is 476 g/mol. The smallest absolute Gasteiger partial charge is 0.248 e. The maximum atomic E-state index is 13.9. The predicted molar refractivity (Wildman–Crippen MR) is 128 cm³/mol. The second kappa shape index (κ2) is 10.1. The number of anilines is 1. The normalized spacial score (nSPS) is 15.5. The van der Waals surface area contributed by atoms with Crippen LogP contribution in [0.2, 0.25) is 0 Å². The fourth-order valence-electron chi connectivity index (χ4n) is 4.04. The highest BCUT2D eigenvalue weighted by Crippen LogP contribution is 2.30. The van der Waals surface area contributed by atoms with Crippen LogP contribution in [0.3, 0.4) is 0 Å². The summed E-state index contributed by atoms with van der Waals surface area (Å²) in [5.74, 6) is -2.00. The number of benzene rings is 2. The van der Waals surface area contributed by atoms with E-state index in [4.69, 9.17) is 4.52 Å². The fraction of sp³-hybridized carbons (Fsp3) is 0.280. The third-order valence-electron chi connectivity index (χ3n) is 6.04. The van der Waals surface area contributed by atoms with Gasteiger partial charge in [-0.1, -0.05) is 23.4 Å². The van der Waals surface area contributed by atoms with Crippen molar-refractivity contribution in [3.63, 3.8) is 0 Å². The molecule has 7 nitrogen and oxygen atoms in total. The van der Waals surface area contributed by atoms with E-state index >= 15 is 0 Å². The molecule has 0 spiro atoms. The van der Waals surface area contributed by atoms with Crippen molar-refractivity contribution in [3.05, 3.63) is 76.7 Å². The van der Waals surface area contributed by atoms with Gasteiger partial charge in [0.15, 0.2) is 10.7 Å². The summed E-state index contributed by atoms with van der Waals surface area (Å²) in [6.45, 7) is 3.74. The molecule has 0 aliphatic carbocycles. The van der Waals surface area contributed by atoms with Gasteiger partial charge in [0.2, 0.25) is 15.9 Å². The number of hydrogen-bond donors (Lipinski definition) is 1. The molecule has 0 unspecified atom stereocenters. The van der Waals surface area contributed by atoms with E-state index in [0.717, 1.165) is 23.4 Å². The van der Waals surface area contributed by atoms with Gasteiger partial charge in [-0.3, -0.25) is 4.79 Å². The molecule has 2 aromatic carbocycles. The lowest BCUT2D eigenvalue weighted by atomic mass is 9.97. The molecule has 184 valence electrons. The molecule has 3 aromatic rings. The van der Waals surface area contributed by atoms with E-state index in [1.807, 2.05) is 31.2 Å². The van der Waals surface area contributed by atoms with E-state index in [1.54, 1.807) is 0 Å². The van der Waals surface area contributed by atoms with Crippen molar-refractivity contribution in [1.29, 1.82) is 0 Å². The lowest BCUT2D eigenvalue weighted by Crippen LogP contribution is -2.41. The van der Waals surface area contributed by atoms with Crippen LogP contribution in [-0.4, -0.2) is 36.9 Å². The van der Waals surface area contributed by atoms with Gasteiger partial charge in [-0.05, 0) is 62.6 Å². The Kier molecular flexibility index (Phi) is 7.13. The van der Waals surface area contributed by atoms with Gasteiger partial charge in [-0.2, -0.15) is 4.31 Å². The first kappa shape index (κ1) is 24.7. The highest BCUT2D eigenvalue weighted by molar-refractivity contribution is 7.89. The van der Waals surface area contributed by atoms with Gasteiger partial charge in [0.05, 0.1) is 0 Å². The fourth-order valence-corrected chi connectivity index (χ4v) is 5.76. The van der Waals surface area contributed by atoms with Gasteiger partial charge in [0.1, 0.15) is 17.3 Å². The zero-order valence-corrected chi connectivity index (χ0v) is 20.1. The van der Waals surface area contributed by atoms with Crippen molar-refractivity contribution in [1.82, 2.24) is 9.46 Å². The maximum absolute atomic E-state index is 13.9. The molecule has 0 bridgehead atoms. The first-order valence-electron chi connectivity index (χ1n) is 11.1. The van der Waals surface area contributed by atoms with Gasteiger partial charge >= 0.3 is 0 Å². The van der Waals surface area contributed by atoms with Crippen LogP contribution in [0.15, 0.2) is 51.9 Å². The molecule has 4 rings (SSSR count). The third kappa shape index (κ3) is 5.33. The summed E-state index contributed by atoms with van der Waals surface area (Å²) in [4.78, 5) is 12.6. The Balaban J connectivity index is 1.47. The Labute approximate surface area is 202 Å². The molecule has 1 saturated heterocycles. The number of amides is 1. The molecule has 35 heavy (non-hydrogen) atoms. The quantitative estimate of drug-likeness (QED) is 0.525. The minimum atomic E-state index is -3.98. The van der Waals surface area contributed by atoms with E-state index in [2.05, 4.69) is 10.5 Å². The number of aryl methyl sites for hydroxylation is 2. The van der Waals surface area contributed by atoms with Gasteiger partial charge in [0.25, 0.3) is 0 Å².